The molecule has 3 rings (SSSR count). The van der Waals surface area contributed by atoms with Gasteiger partial charge in [0.05, 0.1) is 11.4 Å². The van der Waals surface area contributed by atoms with E-state index in [1.165, 1.54) is 11.8 Å². The summed E-state index contributed by atoms with van der Waals surface area (Å²) in [5, 5.41) is 1.41. The molecule has 1 amide bonds. The average Bonchev–Trinajstić information content (AvgIpc) is 2.98. The van der Waals surface area contributed by atoms with E-state index in [2.05, 4.69) is 0 Å². The summed E-state index contributed by atoms with van der Waals surface area (Å²) in [5.74, 6) is -0.0159. The van der Waals surface area contributed by atoms with E-state index in [-0.39, 0.29) is 5.91 Å². The van der Waals surface area contributed by atoms with Crippen LogP contribution in [0.4, 0.5) is 0 Å². The number of nitrogens with zero attached hydrogens (tertiary/aromatic N) is 2. The minimum atomic E-state index is -0.0159. The zero-order valence-electron chi connectivity index (χ0n) is 15.1. The van der Waals surface area contributed by atoms with Gasteiger partial charge in [-0.2, -0.15) is 0 Å². The van der Waals surface area contributed by atoms with Gasteiger partial charge in [-0.1, -0.05) is 54.1 Å². The van der Waals surface area contributed by atoms with E-state index in [0.29, 0.717) is 29.6 Å². The van der Waals surface area contributed by atoms with Crippen LogP contribution in [0.1, 0.15) is 17.5 Å². The van der Waals surface area contributed by atoms with Crippen LogP contribution in [-0.2, 0) is 16.1 Å². The van der Waals surface area contributed by atoms with Gasteiger partial charge in [-0.3, -0.25) is 14.7 Å². The first kappa shape index (κ1) is 19.7. The fourth-order valence-corrected chi connectivity index (χ4v) is 3.77. The number of hydrogen-bond donors (Lipinski definition) is 0. The van der Waals surface area contributed by atoms with E-state index in [1.54, 1.807) is 12.0 Å². The molecule has 0 saturated carbocycles. The van der Waals surface area contributed by atoms with Crippen molar-refractivity contribution >= 4 is 40.5 Å². The molecule has 1 saturated heterocycles. The quantitative estimate of drug-likeness (QED) is 0.493. The Hall–Kier alpha value is -2.08. The van der Waals surface area contributed by atoms with Crippen LogP contribution in [0, 0.1) is 0 Å². The van der Waals surface area contributed by atoms with E-state index < -0.39 is 0 Å². The van der Waals surface area contributed by atoms with Gasteiger partial charge < -0.3 is 4.74 Å². The lowest BCUT2D eigenvalue weighted by molar-refractivity contribution is -0.122. The third kappa shape index (κ3) is 5.45. The fourth-order valence-electron chi connectivity index (χ4n) is 2.64. The molecule has 2 aromatic carbocycles. The number of amidine groups is 1. The molecule has 1 aliphatic heterocycles. The van der Waals surface area contributed by atoms with Crippen LogP contribution < -0.4 is 0 Å². The Morgan fingerprint density at radius 2 is 1.89 bits per heavy atom. The molecule has 0 aliphatic carbocycles. The van der Waals surface area contributed by atoms with Gasteiger partial charge in [-0.25, -0.2) is 0 Å². The normalized spacial score (nSPS) is 17.3. The Labute approximate surface area is 168 Å². The Morgan fingerprint density at radius 1 is 1.15 bits per heavy atom. The average molecular weight is 401 g/mol. The van der Waals surface area contributed by atoms with Gasteiger partial charge in [0.25, 0.3) is 5.91 Å². The van der Waals surface area contributed by atoms with Crippen LogP contribution >= 0.6 is 23.4 Å². The molecule has 1 fully saturated rings. The minimum Gasteiger partial charge on any atom is -0.385 e. The number of ether oxygens (including phenoxy) is 1. The molecule has 2 aromatic rings. The van der Waals surface area contributed by atoms with Gasteiger partial charge in [-0.05, 0) is 47.5 Å². The summed E-state index contributed by atoms with van der Waals surface area (Å²) in [5.41, 5.74) is 2.06. The number of thioether (sulfide) groups is 1. The molecule has 6 heteroatoms. The van der Waals surface area contributed by atoms with E-state index in [9.17, 15) is 4.79 Å². The van der Waals surface area contributed by atoms with Crippen LogP contribution in [-0.4, -0.2) is 36.2 Å². The third-order valence-corrected chi connectivity index (χ3v) is 5.32. The third-order valence-electron chi connectivity index (χ3n) is 4.03. The lowest BCUT2D eigenvalue weighted by Gasteiger charge is -2.15. The summed E-state index contributed by atoms with van der Waals surface area (Å²) >= 11 is 7.36. The number of methoxy groups -OCH3 is 1. The van der Waals surface area contributed by atoms with Crippen molar-refractivity contribution in [3.8, 4) is 0 Å². The highest BCUT2D eigenvalue weighted by atomic mass is 35.5. The zero-order valence-corrected chi connectivity index (χ0v) is 16.7. The number of hydrogen-bond acceptors (Lipinski definition) is 4. The molecule has 1 heterocycles. The Bertz CT molecular complexity index is 835. The molecule has 140 valence electrons. The number of rotatable bonds is 7. The second-order valence-electron chi connectivity index (χ2n) is 6.05. The topological polar surface area (TPSA) is 41.9 Å². The molecule has 0 bridgehead atoms. The first-order valence-corrected chi connectivity index (χ1v) is 9.91. The van der Waals surface area contributed by atoms with E-state index in [0.717, 1.165) is 22.7 Å². The largest absolute Gasteiger partial charge is 0.385 e. The molecule has 0 atom stereocenters. The van der Waals surface area contributed by atoms with Crippen molar-refractivity contribution in [2.75, 3.05) is 20.3 Å². The molecule has 0 N–H and O–H groups in total. The van der Waals surface area contributed by atoms with Gasteiger partial charge in [0.1, 0.15) is 0 Å². The smallest absolute Gasteiger partial charge is 0.266 e. The number of aliphatic imine (C=N–C) groups is 1. The van der Waals surface area contributed by atoms with Crippen molar-refractivity contribution < 1.29 is 9.53 Å². The van der Waals surface area contributed by atoms with Gasteiger partial charge in [0.2, 0.25) is 0 Å². The second-order valence-corrected chi connectivity index (χ2v) is 7.50. The molecule has 0 spiro atoms. The highest BCUT2D eigenvalue weighted by molar-refractivity contribution is 8.18. The summed E-state index contributed by atoms with van der Waals surface area (Å²) in [6.45, 7) is 1.74. The summed E-state index contributed by atoms with van der Waals surface area (Å²) in [4.78, 5) is 20.0. The lowest BCUT2D eigenvalue weighted by Crippen LogP contribution is -2.30. The molecule has 1 aliphatic rings. The van der Waals surface area contributed by atoms with Crippen molar-refractivity contribution in [1.29, 1.82) is 0 Å². The van der Waals surface area contributed by atoms with Crippen LogP contribution in [0.2, 0.25) is 5.02 Å². The van der Waals surface area contributed by atoms with Crippen LogP contribution in [0.15, 0.2) is 64.5 Å². The monoisotopic (exact) mass is 400 g/mol. The summed E-state index contributed by atoms with van der Waals surface area (Å²) in [6.07, 6.45) is 2.65. The first-order chi connectivity index (χ1) is 13.2. The number of carbonyl (C=O) groups is 1. The highest BCUT2D eigenvalue weighted by Gasteiger charge is 2.32. The van der Waals surface area contributed by atoms with E-state index >= 15 is 0 Å². The van der Waals surface area contributed by atoms with Crippen molar-refractivity contribution in [1.82, 2.24) is 4.90 Å². The van der Waals surface area contributed by atoms with Crippen molar-refractivity contribution in [2.45, 2.75) is 13.0 Å². The predicted molar refractivity (Wildman–Crippen MR) is 113 cm³/mol. The standard InChI is InChI=1S/C21H21ClN2O2S/c1-26-13-5-12-24-20(25)19(14-16-8-10-18(22)11-9-16)27-21(24)23-15-17-6-3-2-4-7-17/h2-4,6-11,14H,5,12-13,15H2,1H3. The maximum atomic E-state index is 12.9. The summed E-state index contributed by atoms with van der Waals surface area (Å²) < 4.78 is 5.12. The molecule has 27 heavy (non-hydrogen) atoms. The lowest BCUT2D eigenvalue weighted by atomic mass is 10.2. The fraction of sp³-hybridized carbons (Fsp3) is 0.238. The van der Waals surface area contributed by atoms with Crippen molar-refractivity contribution in [3.63, 3.8) is 0 Å². The number of benzene rings is 2. The van der Waals surface area contributed by atoms with Crippen LogP contribution in [0.5, 0.6) is 0 Å². The second kappa shape index (κ2) is 9.74. The first-order valence-electron chi connectivity index (χ1n) is 8.71. The van der Waals surface area contributed by atoms with Gasteiger partial charge in [-0.15, -0.1) is 0 Å². The SMILES string of the molecule is COCCCN1C(=O)C(=Cc2ccc(Cl)cc2)SC1=NCc1ccccc1. The number of halogens is 1. The maximum Gasteiger partial charge on any atom is 0.266 e. The molecule has 4 nitrogen and oxygen atoms in total. The highest BCUT2D eigenvalue weighted by Crippen LogP contribution is 2.33. The maximum absolute atomic E-state index is 12.9. The van der Waals surface area contributed by atoms with E-state index in [1.807, 2.05) is 60.7 Å². The van der Waals surface area contributed by atoms with Crippen molar-refractivity contribution in [3.05, 3.63) is 75.7 Å². The molecule has 0 radical (unpaired) electrons. The summed E-state index contributed by atoms with van der Waals surface area (Å²) in [7, 11) is 1.66. The Morgan fingerprint density at radius 3 is 2.59 bits per heavy atom. The Kier molecular flexibility index (Phi) is 7.10. The molecule has 0 aromatic heterocycles. The Balaban J connectivity index is 1.81. The van der Waals surface area contributed by atoms with Gasteiger partial charge in [0, 0.05) is 25.3 Å². The predicted octanol–water partition coefficient (Wildman–Crippen LogP) is 4.85. The van der Waals surface area contributed by atoms with Gasteiger partial charge in [0.15, 0.2) is 5.17 Å². The minimum absolute atomic E-state index is 0.0159. The molecular weight excluding hydrogens is 380 g/mol. The summed E-state index contributed by atoms with van der Waals surface area (Å²) in [6, 6.07) is 17.5. The number of amides is 1. The molecule has 0 unspecified atom stereocenters. The van der Waals surface area contributed by atoms with E-state index in [4.69, 9.17) is 21.3 Å². The van der Waals surface area contributed by atoms with Gasteiger partial charge >= 0.3 is 0 Å². The van der Waals surface area contributed by atoms with Crippen LogP contribution in [0.3, 0.4) is 0 Å². The van der Waals surface area contributed by atoms with Crippen molar-refractivity contribution in [2.24, 2.45) is 4.99 Å². The number of carbonyl (C=O) groups excluding carboxylic acids is 1. The van der Waals surface area contributed by atoms with Crippen LogP contribution in [0.25, 0.3) is 6.08 Å². The zero-order chi connectivity index (χ0) is 19.1. The molecular formula is C21H21ClN2O2S.